The van der Waals surface area contributed by atoms with Crippen LogP contribution in [0, 0.1) is 0 Å². The van der Waals surface area contributed by atoms with Crippen LogP contribution in [-0.4, -0.2) is 36.4 Å². The maximum absolute atomic E-state index is 11.9. The molecule has 248 valence electrons. The lowest BCUT2D eigenvalue weighted by molar-refractivity contribution is -0.152. The van der Waals surface area contributed by atoms with E-state index in [-0.39, 0.29) is 25.2 Å². The highest BCUT2D eigenvalue weighted by Crippen LogP contribution is 2.14. The van der Waals surface area contributed by atoms with Gasteiger partial charge in [-0.25, -0.2) is 0 Å². The van der Waals surface area contributed by atoms with E-state index >= 15 is 0 Å². The smallest absolute Gasteiger partial charge is 0.305 e. The largest absolute Gasteiger partial charge is 0.463 e. The molecule has 0 rings (SSSR count). The van der Waals surface area contributed by atoms with E-state index in [4.69, 9.17) is 9.47 Å². The van der Waals surface area contributed by atoms with E-state index in [2.05, 4.69) is 26.0 Å². The molecule has 0 saturated carbocycles. The molecule has 0 fully saturated rings. The van der Waals surface area contributed by atoms with E-state index in [1.807, 2.05) is 0 Å². The predicted octanol–water partition coefficient (Wildman–Crippen LogP) is 11.0. The number of hydrogen-bond donors (Lipinski definition) is 1. The molecule has 0 saturated heterocycles. The SMILES string of the molecule is CCCCCCCC/C=C\CCCCCCCC(=O)OC[C@@H](O)COC(=O)CCCCCCCCCCCCCCC. The summed E-state index contributed by atoms with van der Waals surface area (Å²) in [6.45, 7) is 4.29. The Hall–Kier alpha value is -1.36. The summed E-state index contributed by atoms with van der Waals surface area (Å²) < 4.78 is 10.3. The summed E-state index contributed by atoms with van der Waals surface area (Å²) >= 11 is 0. The van der Waals surface area contributed by atoms with Gasteiger partial charge in [-0.15, -0.1) is 0 Å². The Labute approximate surface area is 261 Å². The molecular formula is C37H70O5. The second kappa shape index (κ2) is 34.1. The lowest BCUT2D eigenvalue weighted by Crippen LogP contribution is -2.25. The van der Waals surface area contributed by atoms with Gasteiger partial charge in [-0.1, -0.05) is 154 Å². The van der Waals surface area contributed by atoms with Crippen molar-refractivity contribution in [3.63, 3.8) is 0 Å². The molecule has 0 aromatic rings. The molecule has 42 heavy (non-hydrogen) atoms. The molecule has 5 nitrogen and oxygen atoms in total. The van der Waals surface area contributed by atoms with Crippen molar-refractivity contribution >= 4 is 11.9 Å². The van der Waals surface area contributed by atoms with Crippen molar-refractivity contribution < 1.29 is 24.2 Å². The van der Waals surface area contributed by atoms with Crippen molar-refractivity contribution in [1.82, 2.24) is 0 Å². The fourth-order valence-corrected chi connectivity index (χ4v) is 5.20. The first kappa shape index (κ1) is 40.6. The van der Waals surface area contributed by atoms with E-state index in [0.29, 0.717) is 12.8 Å². The number of carbonyl (C=O) groups is 2. The van der Waals surface area contributed by atoms with Gasteiger partial charge in [0, 0.05) is 12.8 Å². The number of hydrogen-bond acceptors (Lipinski definition) is 5. The standard InChI is InChI=1S/C37H70O5/c1-3-5-7-9-11-13-15-17-18-20-22-24-26-28-30-32-37(40)42-34-35(38)33-41-36(39)31-29-27-25-23-21-19-16-14-12-10-8-6-4-2/h17-18,35,38H,3-16,19-34H2,1-2H3/b18-17-/t35-/m0/s1. The van der Waals surface area contributed by atoms with Crippen LogP contribution < -0.4 is 0 Å². The summed E-state index contributed by atoms with van der Waals surface area (Å²) in [6.07, 6.45) is 36.8. The van der Waals surface area contributed by atoms with Crippen molar-refractivity contribution in [2.75, 3.05) is 13.2 Å². The molecule has 0 radical (unpaired) electrons. The quantitative estimate of drug-likeness (QED) is 0.0465. The molecule has 0 unspecified atom stereocenters. The first-order chi connectivity index (χ1) is 20.6. The van der Waals surface area contributed by atoms with Gasteiger partial charge in [0.1, 0.15) is 19.3 Å². The number of carbonyl (C=O) groups excluding carboxylic acids is 2. The number of allylic oxidation sites excluding steroid dienone is 2. The van der Waals surface area contributed by atoms with E-state index in [1.54, 1.807) is 0 Å². The molecule has 0 aliphatic rings. The summed E-state index contributed by atoms with van der Waals surface area (Å²) in [4.78, 5) is 23.8. The molecule has 0 aliphatic carbocycles. The normalized spacial score (nSPS) is 12.2. The van der Waals surface area contributed by atoms with E-state index < -0.39 is 6.10 Å². The lowest BCUT2D eigenvalue weighted by Gasteiger charge is -2.12. The predicted molar refractivity (Wildman–Crippen MR) is 178 cm³/mol. The van der Waals surface area contributed by atoms with Crippen LogP contribution in [0.5, 0.6) is 0 Å². The summed E-state index contributed by atoms with van der Waals surface area (Å²) in [5.74, 6) is -0.568. The Morgan fingerprint density at radius 2 is 0.762 bits per heavy atom. The number of unbranched alkanes of at least 4 members (excludes halogenated alkanes) is 23. The van der Waals surface area contributed by atoms with Gasteiger partial charge in [0.15, 0.2) is 0 Å². The third-order valence-electron chi connectivity index (χ3n) is 8.00. The van der Waals surface area contributed by atoms with E-state index in [1.165, 1.54) is 128 Å². The summed E-state index contributed by atoms with van der Waals surface area (Å²) in [6, 6.07) is 0. The topological polar surface area (TPSA) is 72.8 Å². The van der Waals surface area contributed by atoms with Gasteiger partial charge >= 0.3 is 11.9 Å². The van der Waals surface area contributed by atoms with Crippen molar-refractivity contribution in [3.8, 4) is 0 Å². The fourth-order valence-electron chi connectivity index (χ4n) is 5.20. The maximum Gasteiger partial charge on any atom is 0.305 e. The van der Waals surface area contributed by atoms with E-state index in [0.717, 1.165) is 38.5 Å². The van der Waals surface area contributed by atoms with Gasteiger partial charge < -0.3 is 14.6 Å². The number of esters is 2. The molecule has 1 atom stereocenters. The molecule has 0 bridgehead atoms. The van der Waals surface area contributed by atoms with Crippen LogP contribution in [-0.2, 0) is 19.1 Å². The van der Waals surface area contributed by atoms with Gasteiger partial charge in [-0.2, -0.15) is 0 Å². The summed E-state index contributed by atoms with van der Waals surface area (Å²) in [5, 5.41) is 9.97. The monoisotopic (exact) mass is 595 g/mol. The molecule has 0 aromatic heterocycles. The third-order valence-corrected chi connectivity index (χ3v) is 8.00. The average Bonchev–Trinajstić information content (AvgIpc) is 2.99. The van der Waals surface area contributed by atoms with Crippen LogP contribution in [0.4, 0.5) is 0 Å². The Morgan fingerprint density at radius 3 is 1.10 bits per heavy atom. The van der Waals surface area contributed by atoms with Crippen LogP contribution in [0.15, 0.2) is 12.2 Å². The Bertz CT molecular complexity index is 603. The molecule has 1 N–H and O–H groups in total. The number of rotatable bonds is 33. The van der Waals surface area contributed by atoms with Crippen LogP contribution in [0.25, 0.3) is 0 Å². The number of aliphatic hydroxyl groups excluding tert-OH is 1. The Kier molecular flexibility index (Phi) is 33.0. The van der Waals surface area contributed by atoms with Crippen molar-refractivity contribution in [2.24, 2.45) is 0 Å². The highest BCUT2D eigenvalue weighted by atomic mass is 16.6. The minimum Gasteiger partial charge on any atom is -0.463 e. The minimum absolute atomic E-state index is 0.113. The van der Waals surface area contributed by atoms with Crippen LogP contribution in [0.2, 0.25) is 0 Å². The Balaban J connectivity index is 3.42. The molecular weight excluding hydrogens is 524 g/mol. The second-order valence-corrected chi connectivity index (χ2v) is 12.3. The minimum atomic E-state index is -0.960. The molecule has 0 aromatic carbocycles. The zero-order valence-corrected chi connectivity index (χ0v) is 28.0. The zero-order chi connectivity index (χ0) is 30.8. The van der Waals surface area contributed by atoms with Crippen LogP contribution in [0.1, 0.15) is 194 Å². The molecule has 5 heteroatoms. The van der Waals surface area contributed by atoms with Crippen molar-refractivity contribution in [1.29, 1.82) is 0 Å². The first-order valence-corrected chi connectivity index (χ1v) is 18.2. The average molecular weight is 595 g/mol. The fraction of sp³-hybridized carbons (Fsp3) is 0.892. The van der Waals surface area contributed by atoms with E-state index in [9.17, 15) is 14.7 Å². The summed E-state index contributed by atoms with van der Waals surface area (Å²) in [7, 11) is 0. The molecule has 0 amide bonds. The zero-order valence-electron chi connectivity index (χ0n) is 28.0. The van der Waals surface area contributed by atoms with Crippen LogP contribution >= 0.6 is 0 Å². The molecule has 0 aliphatic heterocycles. The van der Waals surface area contributed by atoms with Gasteiger partial charge in [-0.3, -0.25) is 9.59 Å². The second-order valence-electron chi connectivity index (χ2n) is 12.3. The van der Waals surface area contributed by atoms with Gasteiger partial charge in [-0.05, 0) is 38.5 Å². The van der Waals surface area contributed by atoms with Crippen molar-refractivity contribution in [2.45, 2.75) is 200 Å². The maximum atomic E-state index is 11.9. The Morgan fingerprint density at radius 1 is 0.476 bits per heavy atom. The van der Waals surface area contributed by atoms with Gasteiger partial charge in [0.25, 0.3) is 0 Å². The summed E-state index contributed by atoms with van der Waals surface area (Å²) in [5.41, 5.74) is 0. The lowest BCUT2D eigenvalue weighted by atomic mass is 10.0. The molecule has 0 heterocycles. The highest BCUT2D eigenvalue weighted by molar-refractivity contribution is 5.69. The van der Waals surface area contributed by atoms with Crippen LogP contribution in [0.3, 0.4) is 0 Å². The highest BCUT2D eigenvalue weighted by Gasteiger charge is 2.12. The van der Waals surface area contributed by atoms with Crippen molar-refractivity contribution in [3.05, 3.63) is 12.2 Å². The number of aliphatic hydroxyl groups is 1. The first-order valence-electron chi connectivity index (χ1n) is 18.2. The van der Waals surface area contributed by atoms with Gasteiger partial charge in [0.05, 0.1) is 0 Å². The number of ether oxygens (including phenoxy) is 2. The molecule has 0 spiro atoms. The van der Waals surface area contributed by atoms with Gasteiger partial charge in [0.2, 0.25) is 0 Å². The third kappa shape index (κ3) is 33.1.